The standard InChI is InChI=1S/C17H16ClFN2O3/c1-10(2)16(11-3-6-13(19)7-4-11)20-17(22)12-5-8-14(18)15(9-12)21(23)24/h3-10,16H,1-2H3,(H,20,22). The van der Waals surface area contributed by atoms with E-state index < -0.39 is 10.8 Å². The number of hydrogen-bond acceptors (Lipinski definition) is 3. The second-order valence-electron chi connectivity index (χ2n) is 5.67. The monoisotopic (exact) mass is 350 g/mol. The van der Waals surface area contributed by atoms with Crippen LogP contribution in [0.5, 0.6) is 0 Å². The molecule has 0 saturated carbocycles. The zero-order valence-corrected chi connectivity index (χ0v) is 13.9. The predicted octanol–water partition coefficient (Wildman–Crippen LogP) is 4.51. The Kier molecular flexibility index (Phi) is 5.51. The lowest BCUT2D eigenvalue weighted by atomic mass is 9.95. The van der Waals surface area contributed by atoms with Gasteiger partial charge in [0.25, 0.3) is 11.6 Å². The number of nitro benzene ring substituents is 1. The van der Waals surface area contributed by atoms with E-state index >= 15 is 0 Å². The summed E-state index contributed by atoms with van der Waals surface area (Å²) >= 11 is 5.75. The minimum Gasteiger partial charge on any atom is -0.345 e. The van der Waals surface area contributed by atoms with Crippen LogP contribution in [0.1, 0.15) is 35.8 Å². The van der Waals surface area contributed by atoms with Crippen LogP contribution in [0.2, 0.25) is 5.02 Å². The number of amides is 1. The summed E-state index contributed by atoms with van der Waals surface area (Å²) in [6.07, 6.45) is 0. The molecule has 2 aromatic rings. The van der Waals surface area contributed by atoms with Crippen molar-refractivity contribution in [2.45, 2.75) is 19.9 Å². The number of benzene rings is 2. The Morgan fingerprint density at radius 1 is 1.21 bits per heavy atom. The Hall–Kier alpha value is -2.47. The van der Waals surface area contributed by atoms with Crippen LogP contribution in [0.25, 0.3) is 0 Å². The van der Waals surface area contributed by atoms with Crippen LogP contribution in [-0.4, -0.2) is 10.8 Å². The van der Waals surface area contributed by atoms with E-state index in [9.17, 15) is 19.3 Å². The number of rotatable bonds is 5. The largest absolute Gasteiger partial charge is 0.345 e. The summed E-state index contributed by atoms with van der Waals surface area (Å²) in [4.78, 5) is 22.7. The topological polar surface area (TPSA) is 72.2 Å². The average Bonchev–Trinajstić information content (AvgIpc) is 2.53. The second-order valence-corrected chi connectivity index (χ2v) is 6.08. The van der Waals surface area contributed by atoms with Crippen molar-refractivity contribution >= 4 is 23.2 Å². The summed E-state index contributed by atoms with van der Waals surface area (Å²) in [5.41, 5.74) is 0.564. The summed E-state index contributed by atoms with van der Waals surface area (Å²) in [7, 11) is 0. The smallest absolute Gasteiger partial charge is 0.288 e. The van der Waals surface area contributed by atoms with Gasteiger partial charge in [0.2, 0.25) is 0 Å². The molecule has 0 aliphatic carbocycles. The Morgan fingerprint density at radius 3 is 2.38 bits per heavy atom. The molecule has 1 N–H and O–H groups in total. The molecule has 2 aromatic carbocycles. The van der Waals surface area contributed by atoms with Crippen LogP contribution in [0.15, 0.2) is 42.5 Å². The van der Waals surface area contributed by atoms with Crippen molar-refractivity contribution in [3.8, 4) is 0 Å². The summed E-state index contributed by atoms with van der Waals surface area (Å²) in [6.45, 7) is 3.83. The molecule has 1 amide bonds. The molecule has 126 valence electrons. The fraction of sp³-hybridized carbons (Fsp3) is 0.235. The van der Waals surface area contributed by atoms with Crippen LogP contribution in [-0.2, 0) is 0 Å². The molecule has 0 aliphatic heterocycles. The number of carbonyl (C=O) groups is 1. The van der Waals surface area contributed by atoms with Gasteiger partial charge in [0.1, 0.15) is 10.8 Å². The predicted molar refractivity (Wildman–Crippen MR) is 89.6 cm³/mol. The number of hydrogen-bond donors (Lipinski definition) is 1. The quantitative estimate of drug-likeness (QED) is 0.636. The molecule has 0 aliphatic rings. The van der Waals surface area contributed by atoms with Gasteiger partial charge in [0, 0.05) is 11.6 Å². The average molecular weight is 351 g/mol. The molecule has 0 radical (unpaired) electrons. The van der Waals surface area contributed by atoms with Gasteiger partial charge < -0.3 is 5.32 Å². The Labute approximate surface area is 143 Å². The Balaban J connectivity index is 2.27. The van der Waals surface area contributed by atoms with Gasteiger partial charge in [-0.2, -0.15) is 0 Å². The number of nitro groups is 1. The zero-order valence-electron chi connectivity index (χ0n) is 13.1. The van der Waals surface area contributed by atoms with Crippen LogP contribution < -0.4 is 5.32 Å². The molecule has 1 atom stereocenters. The molecule has 0 bridgehead atoms. The number of carbonyl (C=O) groups excluding carboxylic acids is 1. The zero-order chi connectivity index (χ0) is 17.9. The van der Waals surface area contributed by atoms with Crippen molar-refractivity contribution in [3.63, 3.8) is 0 Å². The van der Waals surface area contributed by atoms with Crippen molar-refractivity contribution in [2.24, 2.45) is 5.92 Å². The van der Waals surface area contributed by atoms with E-state index in [-0.39, 0.29) is 34.1 Å². The van der Waals surface area contributed by atoms with E-state index in [0.717, 1.165) is 11.6 Å². The van der Waals surface area contributed by atoms with Crippen LogP contribution >= 0.6 is 11.6 Å². The second kappa shape index (κ2) is 7.40. The highest BCUT2D eigenvalue weighted by atomic mass is 35.5. The number of nitrogens with zero attached hydrogens (tertiary/aromatic N) is 1. The minimum atomic E-state index is -0.640. The fourth-order valence-corrected chi connectivity index (χ4v) is 2.51. The highest BCUT2D eigenvalue weighted by molar-refractivity contribution is 6.32. The van der Waals surface area contributed by atoms with E-state index in [2.05, 4.69) is 5.32 Å². The molecule has 2 rings (SSSR count). The molecular weight excluding hydrogens is 335 g/mol. The molecule has 0 aromatic heterocycles. The van der Waals surface area contributed by atoms with Gasteiger partial charge in [-0.25, -0.2) is 4.39 Å². The SMILES string of the molecule is CC(C)C(NC(=O)c1ccc(Cl)c([N+](=O)[O-])c1)c1ccc(F)cc1. The van der Waals surface area contributed by atoms with Gasteiger partial charge in [-0.15, -0.1) is 0 Å². The molecular formula is C17H16ClFN2O3. The summed E-state index contributed by atoms with van der Waals surface area (Å²) < 4.78 is 13.1. The molecule has 0 fully saturated rings. The third kappa shape index (κ3) is 4.08. The maximum atomic E-state index is 13.1. The first kappa shape index (κ1) is 17.9. The Morgan fingerprint density at radius 2 is 1.83 bits per heavy atom. The number of nitrogens with one attached hydrogen (secondary N) is 1. The van der Waals surface area contributed by atoms with Gasteiger partial charge in [-0.3, -0.25) is 14.9 Å². The molecule has 24 heavy (non-hydrogen) atoms. The lowest BCUT2D eigenvalue weighted by Crippen LogP contribution is -2.31. The number of halogens is 2. The van der Waals surface area contributed by atoms with Crippen molar-refractivity contribution in [1.82, 2.24) is 5.32 Å². The fourth-order valence-electron chi connectivity index (χ4n) is 2.32. The van der Waals surface area contributed by atoms with Gasteiger partial charge in [-0.1, -0.05) is 37.6 Å². The van der Waals surface area contributed by atoms with Gasteiger partial charge in [0.15, 0.2) is 0 Å². The lowest BCUT2D eigenvalue weighted by Gasteiger charge is -2.23. The molecule has 0 heterocycles. The highest BCUT2D eigenvalue weighted by Crippen LogP contribution is 2.26. The van der Waals surface area contributed by atoms with E-state index in [4.69, 9.17) is 11.6 Å². The van der Waals surface area contributed by atoms with Crippen molar-refractivity contribution in [1.29, 1.82) is 0 Å². The first-order chi connectivity index (χ1) is 11.3. The normalized spacial score (nSPS) is 12.0. The maximum absolute atomic E-state index is 13.1. The van der Waals surface area contributed by atoms with Crippen LogP contribution in [0.3, 0.4) is 0 Å². The first-order valence-electron chi connectivity index (χ1n) is 7.30. The molecule has 5 nitrogen and oxygen atoms in total. The third-order valence-corrected chi connectivity index (χ3v) is 3.91. The maximum Gasteiger partial charge on any atom is 0.288 e. The van der Waals surface area contributed by atoms with E-state index in [1.165, 1.54) is 24.3 Å². The van der Waals surface area contributed by atoms with Crippen LogP contribution in [0.4, 0.5) is 10.1 Å². The van der Waals surface area contributed by atoms with E-state index in [1.54, 1.807) is 12.1 Å². The third-order valence-electron chi connectivity index (χ3n) is 3.59. The molecule has 1 unspecified atom stereocenters. The van der Waals surface area contributed by atoms with E-state index in [1.807, 2.05) is 13.8 Å². The van der Waals surface area contributed by atoms with Gasteiger partial charge in [-0.05, 0) is 35.7 Å². The van der Waals surface area contributed by atoms with E-state index in [0.29, 0.717) is 0 Å². The lowest BCUT2D eigenvalue weighted by molar-refractivity contribution is -0.384. The first-order valence-corrected chi connectivity index (χ1v) is 7.67. The van der Waals surface area contributed by atoms with Crippen molar-refractivity contribution in [2.75, 3.05) is 0 Å². The summed E-state index contributed by atoms with van der Waals surface area (Å²) in [5, 5.41) is 13.7. The summed E-state index contributed by atoms with van der Waals surface area (Å²) in [5.74, 6) is -0.777. The molecule has 0 saturated heterocycles. The van der Waals surface area contributed by atoms with Gasteiger partial charge >= 0.3 is 0 Å². The molecule has 0 spiro atoms. The van der Waals surface area contributed by atoms with Crippen LogP contribution in [0, 0.1) is 21.8 Å². The van der Waals surface area contributed by atoms with Gasteiger partial charge in [0.05, 0.1) is 11.0 Å². The van der Waals surface area contributed by atoms with Crippen molar-refractivity contribution < 1.29 is 14.1 Å². The molecule has 7 heteroatoms. The Bertz CT molecular complexity index is 763. The minimum absolute atomic E-state index is 0.0319. The van der Waals surface area contributed by atoms with Crippen molar-refractivity contribution in [3.05, 3.63) is 74.5 Å². The highest BCUT2D eigenvalue weighted by Gasteiger charge is 2.21. The summed E-state index contributed by atoms with van der Waals surface area (Å²) in [6, 6.07) is 9.37.